The van der Waals surface area contributed by atoms with Crippen molar-refractivity contribution in [1.82, 2.24) is 0 Å². The molecular weight excluding hydrogens is 294 g/mol. The van der Waals surface area contributed by atoms with Gasteiger partial charge in [-0.25, -0.2) is 0 Å². The number of fused-ring (bicyclic) bond motifs is 2. The van der Waals surface area contributed by atoms with E-state index >= 15 is 0 Å². The molecule has 0 saturated heterocycles. The van der Waals surface area contributed by atoms with Crippen LogP contribution in [0.15, 0.2) is 53.6 Å². The van der Waals surface area contributed by atoms with Gasteiger partial charge in [0.25, 0.3) is 5.92 Å². The Kier molecular flexibility index (Phi) is 2.74. The lowest BCUT2D eigenvalue weighted by atomic mass is 9.80. The van der Waals surface area contributed by atoms with Gasteiger partial charge in [0.05, 0.1) is 0 Å². The molecule has 23 heavy (non-hydrogen) atoms. The highest BCUT2D eigenvalue weighted by atomic mass is 19.3. The SMILES string of the molecule is CC1=Cc2ccccc2C=C(C)C1(O)c1cccc2c1C2(F)F. The molecule has 0 unspecified atom stereocenters. The lowest BCUT2D eigenvalue weighted by molar-refractivity contribution is 0.0871. The molecule has 2 aromatic carbocycles. The van der Waals surface area contributed by atoms with Crippen molar-refractivity contribution in [2.24, 2.45) is 0 Å². The van der Waals surface area contributed by atoms with Crippen molar-refractivity contribution in [3.8, 4) is 0 Å². The van der Waals surface area contributed by atoms with Crippen molar-refractivity contribution in [2.45, 2.75) is 25.4 Å². The summed E-state index contributed by atoms with van der Waals surface area (Å²) in [6, 6.07) is 12.4. The number of benzene rings is 2. The largest absolute Gasteiger partial charge is 0.377 e. The van der Waals surface area contributed by atoms with Crippen LogP contribution >= 0.6 is 0 Å². The summed E-state index contributed by atoms with van der Waals surface area (Å²) in [5.74, 6) is -2.92. The molecule has 0 bridgehead atoms. The highest BCUT2D eigenvalue weighted by Gasteiger charge is 2.57. The van der Waals surface area contributed by atoms with E-state index in [0.29, 0.717) is 11.1 Å². The molecule has 4 rings (SSSR count). The van der Waals surface area contributed by atoms with Gasteiger partial charge in [-0.3, -0.25) is 0 Å². The van der Waals surface area contributed by atoms with Crippen molar-refractivity contribution in [2.75, 3.05) is 0 Å². The zero-order chi connectivity index (χ0) is 16.4. The number of hydrogen-bond donors (Lipinski definition) is 1. The lowest BCUT2D eigenvalue weighted by Crippen LogP contribution is -2.29. The van der Waals surface area contributed by atoms with E-state index in [1.807, 2.05) is 36.4 Å². The maximum absolute atomic E-state index is 14.0. The van der Waals surface area contributed by atoms with Crippen LogP contribution in [-0.4, -0.2) is 5.11 Å². The number of aliphatic hydroxyl groups is 1. The predicted octanol–water partition coefficient (Wildman–Crippen LogP) is 4.85. The van der Waals surface area contributed by atoms with E-state index < -0.39 is 11.5 Å². The third-order valence-corrected chi connectivity index (χ3v) is 4.93. The van der Waals surface area contributed by atoms with Crippen LogP contribution in [0.3, 0.4) is 0 Å². The minimum Gasteiger partial charge on any atom is -0.377 e. The summed E-state index contributed by atoms with van der Waals surface area (Å²) in [7, 11) is 0. The zero-order valence-corrected chi connectivity index (χ0v) is 12.9. The first kappa shape index (κ1) is 14.3. The molecule has 0 saturated carbocycles. The first-order valence-corrected chi connectivity index (χ1v) is 7.58. The topological polar surface area (TPSA) is 20.2 Å². The Labute approximate surface area is 133 Å². The molecule has 1 nitrogen and oxygen atoms in total. The fraction of sp³-hybridized carbons (Fsp3) is 0.200. The Hall–Kier alpha value is -2.26. The Balaban J connectivity index is 1.97. The molecule has 0 amide bonds. The molecular formula is C20H16F2O. The van der Waals surface area contributed by atoms with Crippen molar-refractivity contribution in [3.05, 3.63) is 81.4 Å². The molecule has 2 aromatic rings. The first-order valence-electron chi connectivity index (χ1n) is 7.58. The summed E-state index contributed by atoms with van der Waals surface area (Å²) < 4.78 is 28.0. The normalized spacial score (nSPS) is 19.9. The van der Waals surface area contributed by atoms with Gasteiger partial charge in [0.2, 0.25) is 0 Å². The monoisotopic (exact) mass is 310 g/mol. The number of hydrogen-bond acceptors (Lipinski definition) is 1. The zero-order valence-electron chi connectivity index (χ0n) is 12.9. The Morgan fingerprint density at radius 3 is 1.87 bits per heavy atom. The number of halogens is 2. The first-order chi connectivity index (χ1) is 10.9. The summed E-state index contributed by atoms with van der Waals surface area (Å²) >= 11 is 0. The molecule has 0 radical (unpaired) electrons. The number of rotatable bonds is 1. The lowest BCUT2D eigenvalue weighted by Gasteiger charge is -2.30. The quantitative estimate of drug-likeness (QED) is 0.798. The van der Waals surface area contributed by atoms with E-state index in [-0.39, 0.29) is 16.7 Å². The Morgan fingerprint density at radius 2 is 1.30 bits per heavy atom. The van der Waals surface area contributed by atoms with Crippen molar-refractivity contribution >= 4 is 12.2 Å². The molecule has 116 valence electrons. The second-order valence-electron chi connectivity index (χ2n) is 6.30. The predicted molar refractivity (Wildman–Crippen MR) is 87.1 cm³/mol. The van der Waals surface area contributed by atoms with E-state index in [4.69, 9.17) is 0 Å². The van der Waals surface area contributed by atoms with Crippen LogP contribution in [-0.2, 0) is 11.5 Å². The van der Waals surface area contributed by atoms with Crippen LogP contribution in [0.5, 0.6) is 0 Å². The molecule has 0 atom stereocenters. The van der Waals surface area contributed by atoms with Gasteiger partial charge < -0.3 is 5.11 Å². The minimum atomic E-state index is -2.92. The van der Waals surface area contributed by atoms with Gasteiger partial charge in [0.1, 0.15) is 5.60 Å². The van der Waals surface area contributed by atoms with E-state index in [1.54, 1.807) is 26.0 Å². The van der Waals surface area contributed by atoms with E-state index in [0.717, 1.165) is 11.1 Å². The highest BCUT2D eigenvalue weighted by molar-refractivity contribution is 5.76. The fourth-order valence-corrected chi connectivity index (χ4v) is 3.57. The molecule has 0 fully saturated rings. The van der Waals surface area contributed by atoms with Crippen LogP contribution in [0.1, 0.15) is 41.7 Å². The van der Waals surface area contributed by atoms with E-state index in [2.05, 4.69) is 0 Å². The smallest absolute Gasteiger partial charge is 0.299 e. The summed E-state index contributed by atoms with van der Waals surface area (Å²) in [5.41, 5.74) is 2.01. The third-order valence-electron chi connectivity index (χ3n) is 4.93. The minimum absolute atomic E-state index is 0.0192. The summed E-state index contributed by atoms with van der Waals surface area (Å²) in [5, 5.41) is 11.4. The third kappa shape index (κ3) is 1.80. The molecule has 0 spiro atoms. The molecule has 2 aliphatic rings. The number of alkyl halides is 2. The van der Waals surface area contributed by atoms with Crippen molar-refractivity contribution < 1.29 is 13.9 Å². The average molecular weight is 310 g/mol. The molecule has 0 aromatic heterocycles. The fourth-order valence-electron chi connectivity index (χ4n) is 3.57. The standard InChI is InChI=1S/C20H16F2O/c1-12-10-14-6-3-4-7-15(14)11-13(2)19(12,23)16-8-5-9-17-18(16)20(17,21)22/h3-11,23H,1-2H3. The van der Waals surface area contributed by atoms with Crippen LogP contribution in [0.25, 0.3) is 12.2 Å². The average Bonchev–Trinajstić information content (AvgIpc) is 3.12. The Morgan fingerprint density at radius 1 is 0.783 bits per heavy atom. The maximum Gasteiger partial charge on any atom is 0.299 e. The molecule has 3 heteroatoms. The van der Waals surface area contributed by atoms with Crippen LogP contribution < -0.4 is 0 Å². The molecule has 0 heterocycles. The maximum atomic E-state index is 14.0. The second-order valence-corrected chi connectivity index (χ2v) is 6.30. The molecule has 0 aliphatic heterocycles. The summed E-state index contributed by atoms with van der Waals surface area (Å²) in [6.07, 6.45) is 3.75. The Bertz CT molecular complexity index is 851. The van der Waals surface area contributed by atoms with Gasteiger partial charge in [0, 0.05) is 16.7 Å². The molecule has 2 aliphatic carbocycles. The van der Waals surface area contributed by atoms with Crippen LogP contribution in [0, 0.1) is 0 Å². The van der Waals surface area contributed by atoms with Gasteiger partial charge in [0.15, 0.2) is 0 Å². The molecule has 1 N–H and O–H groups in total. The second kappa shape index (κ2) is 4.39. The highest BCUT2D eigenvalue weighted by Crippen LogP contribution is 2.58. The van der Waals surface area contributed by atoms with E-state index in [9.17, 15) is 13.9 Å². The van der Waals surface area contributed by atoms with Gasteiger partial charge >= 0.3 is 0 Å². The van der Waals surface area contributed by atoms with Crippen molar-refractivity contribution in [3.63, 3.8) is 0 Å². The van der Waals surface area contributed by atoms with Gasteiger partial charge in [-0.1, -0.05) is 54.6 Å². The van der Waals surface area contributed by atoms with Gasteiger partial charge in [-0.05, 0) is 36.1 Å². The van der Waals surface area contributed by atoms with Gasteiger partial charge in [-0.2, -0.15) is 8.78 Å². The summed E-state index contributed by atoms with van der Waals surface area (Å²) in [6.45, 7) is 3.58. The van der Waals surface area contributed by atoms with E-state index in [1.165, 1.54) is 6.07 Å². The van der Waals surface area contributed by atoms with Crippen LogP contribution in [0.4, 0.5) is 8.78 Å². The van der Waals surface area contributed by atoms with Crippen molar-refractivity contribution in [1.29, 1.82) is 0 Å². The van der Waals surface area contributed by atoms with Crippen LogP contribution in [0.2, 0.25) is 0 Å². The van der Waals surface area contributed by atoms with Gasteiger partial charge in [-0.15, -0.1) is 0 Å². The summed E-state index contributed by atoms with van der Waals surface area (Å²) in [4.78, 5) is 0.